The summed E-state index contributed by atoms with van der Waals surface area (Å²) < 4.78 is 0. The SMILES string of the molecule is N#CCCCc1cccnc1-c1ccccn1. The first-order valence-electron chi connectivity index (χ1n) is 5.64. The van der Waals surface area contributed by atoms with Crippen LogP contribution < -0.4 is 0 Å². The van der Waals surface area contributed by atoms with Crippen LogP contribution in [0.1, 0.15) is 18.4 Å². The quantitative estimate of drug-likeness (QED) is 0.749. The number of unbranched alkanes of at least 4 members (excludes halogenated alkanes) is 1. The molecule has 0 aliphatic carbocycles. The fraction of sp³-hybridized carbons (Fsp3) is 0.214. The predicted octanol–water partition coefficient (Wildman–Crippen LogP) is 2.99. The second-order valence-electron chi connectivity index (χ2n) is 3.74. The molecule has 0 N–H and O–H groups in total. The van der Waals surface area contributed by atoms with E-state index in [1.165, 1.54) is 0 Å². The Kier molecular flexibility index (Phi) is 3.82. The molecule has 0 unspecified atom stereocenters. The van der Waals surface area contributed by atoms with Gasteiger partial charge in [-0.25, -0.2) is 0 Å². The van der Waals surface area contributed by atoms with Crippen molar-refractivity contribution in [2.45, 2.75) is 19.3 Å². The van der Waals surface area contributed by atoms with Crippen LogP contribution in [-0.2, 0) is 6.42 Å². The molecule has 2 heterocycles. The van der Waals surface area contributed by atoms with Crippen LogP contribution in [-0.4, -0.2) is 9.97 Å². The molecule has 0 aliphatic heterocycles. The lowest BCUT2D eigenvalue weighted by atomic mass is 10.0. The molecule has 3 heteroatoms. The zero-order valence-corrected chi connectivity index (χ0v) is 9.50. The van der Waals surface area contributed by atoms with Crippen molar-refractivity contribution in [3.05, 3.63) is 48.3 Å². The highest BCUT2D eigenvalue weighted by Gasteiger charge is 2.06. The van der Waals surface area contributed by atoms with E-state index in [0.717, 1.165) is 29.8 Å². The number of aryl methyl sites for hydroxylation is 1. The van der Waals surface area contributed by atoms with Crippen LogP contribution >= 0.6 is 0 Å². The topological polar surface area (TPSA) is 49.6 Å². The molecule has 2 rings (SSSR count). The summed E-state index contributed by atoms with van der Waals surface area (Å²) in [6.07, 6.45) is 5.85. The van der Waals surface area contributed by atoms with Gasteiger partial charge in [0.25, 0.3) is 0 Å². The van der Waals surface area contributed by atoms with Gasteiger partial charge in [-0.05, 0) is 36.6 Å². The molecule has 2 aromatic rings. The number of rotatable bonds is 4. The minimum absolute atomic E-state index is 0.580. The third kappa shape index (κ3) is 2.88. The van der Waals surface area contributed by atoms with Crippen molar-refractivity contribution in [1.82, 2.24) is 9.97 Å². The average molecular weight is 223 g/mol. The number of hydrogen-bond acceptors (Lipinski definition) is 3. The average Bonchev–Trinajstić information content (AvgIpc) is 2.41. The predicted molar refractivity (Wildman–Crippen MR) is 66.0 cm³/mol. The summed E-state index contributed by atoms with van der Waals surface area (Å²) in [6, 6.07) is 11.9. The first kappa shape index (κ1) is 11.3. The molecule has 0 aromatic carbocycles. The van der Waals surface area contributed by atoms with Gasteiger partial charge in [0, 0.05) is 18.8 Å². The summed E-state index contributed by atoms with van der Waals surface area (Å²) in [7, 11) is 0. The third-order valence-corrected chi connectivity index (χ3v) is 2.53. The number of nitrogens with zero attached hydrogens (tertiary/aromatic N) is 3. The van der Waals surface area contributed by atoms with Gasteiger partial charge in [0.15, 0.2) is 0 Å². The fourth-order valence-corrected chi connectivity index (χ4v) is 1.73. The van der Waals surface area contributed by atoms with Crippen molar-refractivity contribution >= 4 is 0 Å². The summed E-state index contributed by atoms with van der Waals surface area (Å²) in [5, 5.41) is 8.55. The molecule has 84 valence electrons. The van der Waals surface area contributed by atoms with Gasteiger partial charge in [0.2, 0.25) is 0 Å². The standard InChI is InChI=1S/C14H13N3/c15-9-3-1-6-12-7-5-11-17-14(12)13-8-2-4-10-16-13/h2,4-5,7-8,10-11H,1,3,6H2. The van der Waals surface area contributed by atoms with Crippen LogP contribution in [0.15, 0.2) is 42.7 Å². The van der Waals surface area contributed by atoms with E-state index in [0.29, 0.717) is 6.42 Å². The highest BCUT2D eigenvalue weighted by molar-refractivity contribution is 5.58. The first-order chi connectivity index (χ1) is 8.42. The van der Waals surface area contributed by atoms with Gasteiger partial charge in [-0.15, -0.1) is 0 Å². The van der Waals surface area contributed by atoms with Crippen LogP contribution in [0, 0.1) is 11.3 Å². The second kappa shape index (κ2) is 5.76. The van der Waals surface area contributed by atoms with E-state index in [9.17, 15) is 0 Å². The maximum absolute atomic E-state index is 8.55. The molecular weight excluding hydrogens is 210 g/mol. The van der Waals surface area contributed by atoms with Gasteiger partial charge in [-0.1, -0.05) is 12.1 Å². The van der Waals surface area contributed by atoms with Crippen molar-refractivity contribution in [2.75, 3.05) is 0 Å². The minimum Gasteiger partial charge on any atom is -0.255 e. The molecule has 0 amide bonds. The summed E-state index contributed by atoms with van der Waals surface area (Å²) >= 11 is 0. The number of pyridine rings is 2. The van der Waals surface area contributed by atoms with Crippen LogP contribution in [0.25, 0.3) is 11.4 Å². The van der Waals surface area contributed by atoms with E-state index in [4.69, 9.17) is 5.26 Å². The summed E-state index contributed by atoms with van der Waals surface area (Å²) in [4.78, 5) is 8.69. The van der Waals surface area contributed by atoms with E-state index in [-0.39, 0.29) is 0 Å². The zero-order chi connectivity index (χ0) is 11.9. The minimum atomic E-state index is 0.580. The molecule has 0 radical (unpaired) electrons. The molecule has 0 fully saturated rings. The van der Waals surface area contributed by atoms with Crippen molar-refractivity contribution in [3.63, 3.8) is 0 Å². The van der Waals surface area contributed by atoms with Crippen LogP contribution in [0.2, 0.25) is 0 Å². The van der Waals surface area contributed by atoms with Crippen LogP contribution in [0.5, 0.6) is 0 Å². The maximum Gasteiger partial charge on any atom is 0.0918 e. The van der Waals surface area contributed by atoms with E-state index >= 15 is 0 Å². The lowest BCUT2D eigenvalue weighted by molar-refractivity contribution is 0.847. The fourth-order valence-electron chi connectivity index (χ4n) is 1.73. The Morgan fingerprint density at radius 2 is 1.94 bits per heavy atom. The second-order valence-corrected chi connectivity index (χ2v) is 3.74. The first-order valence-corrected chi connectivity index (χ1v) is 5.64. The molecule has 0 spiro atoms. The zero-order valence-electron chi connectivity index (χ0n) is 9.50. The lowest BCUT2D eigenvalue weighted by Gasteiger charge is -2.06. The Morgan fingerprint density at radius 3 is 2.71 bits per heavy atom. The Bertz CT molecular complexity index is 514. The smallest absolute Gasteiger partial charge is 0.0918 e. The van der Waals surface area contributed by atoms with Crippen molar-refractivity contribution in [2.24, 2.45) is 0 Å². The Labute approximate surface area is 101 Å². The van der Waals surface area contributed by atoms with E-state index in [1.807, 2.05) is 30.3 Å². The van der Waals surface area contributed by atoms with Crippen molar-refractivity contribution < 1.29 is 0 Å². The highest BCUT2D eigenvalue weighted by Crippen LogP contribution is 2.19. The molecule has 2 aromatic heterocycles. The van der Waals surface area contributed by atoms with Gasteiger partial charge >= 0.3 is 0 Å². The van der Waals surface area contributed by atoms with Gasteiger partial charge in [0.1, 0.15) is 0 Å². The molecule has 0 aliphatic rings. The molecule has 0 atom stereocenters. The van der Waals surface area contributed by atoms with Crippen molar-refractivity contribution in [3.8, 4) is 17.5 Å². The molecule has 17 heavy (non-hydrogen) atoms. The van der Waals surface area contributed by atoms with Gasteiger partial charge < -0.3 is 0 Å². The van der Waals surface area contributed by atoms with E-state index < -0.39 is 0 Å². The maximum atomic E-state index is 8.55. The van der Waals surface area contributed by atoms with E-state index in [1.54, 1.807) is 12.4 Å². The third-order valence-electron chi connectivity index (χ3n) is 2.53. The summed E-state index contributed by atoms with van der Waals surface area (Å²) in [6.45, 7) is 0. The molecule has 3 nitrogen and oxygen atoms in total. The van der Waals surface area contributed by atoms with Crippen LogP contribution in [0.4, 0.5) is 0 Å². The van der Waals surface area contributed by atoms with Crippen molar-refractivity contribution in [1.29, 1.82) is 5.26 Å². The van der Waals surface area contributed by atoms with Gasteiger partial charge in [-0.3, -0.25) is 9.97 Å². The number of nitriles is 1. The monoisotopic (exact) mass is 223 g/mol. The largest absolute Gasteiger partial charge is 0.255 e. The molecular formula is C14H13N3. The van der Waals surface area contributed by atoms with Crippen LogP contribution in [0.3, 0.4) is 0 Å². The Hall–Kier alpha value is -2.21. The summed E-state index contributed by atoms with van der Waals surface area (Å²) in [5.41, 5.74) is 2.97. The van der Waals surface area contributed by atoms with Gasteiger partial charge in [0.05, 0.1) is 17.5 Å². The summed E-state index contributed by atoms with van der Waals surface area (Å²) in [5.74, 6) is 0. The van der Waals surface area contributed by atoms with E-state index in [2.05, 4.69) is 16.0 Å². The molecule has 0 saturated heterocycles. The number of hydrogen-bond donors (Lipinski definition) is 0. The Morgan fingerprint density at radius 1 is 1.06 bits per heavy atom. The lowest BCUT2D eigenvalue weighted by Crippen LogP contribution is -1.94. The highest BCUT2D eigenvalue weighted by atomic mass is 14.8. The normalized spacial score (nSPS) is 9.82. The Balaban J connectivity index is 2.25. The molecule has 0 bridgehead atoms. The number of aromatic nitrogens is 2. The molecule has 0 saturated carbocycles. The van der Waals surface area contributed by atoms with Gasteiger partial charge in [-0.2, -0.15) is 5.26 Å².